The summed E-state index contributed by atoms with van der Waals surface area (Å²) in [5.74, 6) is 0.655. The second-order valence-corrected chi connectivity index (χ2v) is 6.38. The normalized spacial score (nSPS) is 20.2. The number of hydrogen-bond donors (Lipinski definition) is 0. The molecule has 2 aromatic rings. The largest absolute Gasteiger partial charge is 0.516 e. The lowest BCUT2D eigenvalue weighted by atomic mass is 9.84. The molecule has 3 heterocycles. The maximum atomic E-state index is 6.03. The number of rotatable bonds is 2. The summed E-state index contributed by atoms with van der Waals surface area (Å²) in [5, 5.41) is 4.54. The van der Waals surface area contributed by atoms with Crippen LogP contribution < -0.4 is 10.3 Å². The minimum absolute atomic E-state index is 0.396. The van der Waals surface area contributed by atoms with Gasteiger partial charge in [-0.3, -0.25) is 0 Å². The predicted molar refractivity (Wildman–Crippen MR) is 80.0 cm³/mol. The van der Waals surface area contributed by atoms with Crippen LogP contribution in [-0.4, -0.2) is 40.0 Å². The summed E-state index contributed by atoms with van der Waals surface area (Å²) in [6, 6.07) is 1.82. The molecular weight excluding hydrogens is 269 g/mol. The van der Waals surface area contributed by atoms with Gasteiger partial charge in [-0.1, -0.05) is 0 Å². The number of fused-ring (bicyclic) bond motifs is 1. The molecule has 3 rings (SSSR count). The van der Waals surface area contributed by atoms with E-state index in [-0.39, 0.29) is 0 Å². The van der Waals surface area contributed by atoms with Crippen molar-refractivity contribution in [3.05, 3.63) is 18.0 Å². The molecule has 1 fully saturated rings. The molecule has 6 nitrogen and oxygen atoms in total. The number of imidazole rings is 1. The van der Waals surface area contributed by atoms with Crippen LogP contribution in [0.3, 0.4) is 0 Å². The Labute approximate surface area is 124 Å². The zero-order valence-corrected chi connectivity index (χ0v) is 13.3. The molecule has 0 aromatic carbocycles. The molecule has 0 amide bonds. The Kier molecular flexibility index (Phi) is 3.04. The highest BCUT2D eigenvalue weighted by molar-refractivity contribution is 6.61. The molecule has 7 heteroatoms. The fourth-order valence-corrected chi connectivity index (χ4v) is 2.31. The van der Waals surface area contributed by atoms with Crippen molar-refractivity contribution in [2.75, 3.05) is 7.11 Å². The molecule has 21 heavy (non-hydrogen) atoms. The zero-order valence-electron chi connectivity index (χ0n) is 13.3. The van der Waals surface area contributed by atoms with Crippen molar-refractivity contribution in [3.8, 4) is 5.75 Å². The number of aromatic nitrogens is 3. The Morgan fingerprint density at radius 2 is 1.81 bits per heavy atom. The Morgan fingerprint density at radius 1 is 1.19 bits per heavy atom. The molecule has 1 aliphatic rings. The second-order valence-electron chi connectivity index (χ2n) is 6.38. The average Bonchev–Trinajstić information content (AvgIpc) is 2.85. The van der Waals surface area contributed by atoms with Crippen LogP contribution in [-0.2, 0) is 9.31 Å². The van der Waals surface area contributed by atoms with Crippen molar-refractivity contribution < 1.29 is 14.0 Å². The third-order valence-corrected chi connectivity index (χ3v) is 4.25. The lowest BCUT2D eigenvalue weighted by Crippen LogP contribution is -2.41. The van der Waals surface area contributed by atoms with Gasteiger partial charge in [0.25, 0.3) is 0 Å². The molecule has 0 saturated carbocycles. The van der Waals surface area contributed by atoms with Crippen molar-refractivity contribution in [3.63, 3.8) is 0 Å². The van der Waals surface area contributed by atoms with E-state index >= 15 is 0 Å². The summed E-state index contributed by atoms with van der Waals surface area (Å²) in [7, 11) is 1.10. The number of aryl methyl sites for hydroxylation is 1. The van der Waals surface area contributed by atoms with Crippen molar-refractivity contribution >= 4 is 18.4 Å². The van der Waals surface area contributed by atoms with E-state index in [9.17, 15) is 0 Å². The van der Waals surface area contributed by atoms with Gasteiger partial charge in [-0.05, 0) is 34.6 Å². The highest BCUT2D eigenvalue weighted by Gasteiger charge is 2.52. The Morgan fingerprint density at radius 3 is 2.38 bits per heavy atom. The molecule has 0 unspecified atom stereocenters. The standard InChI is InChI=1S/C14H20BN3O3/c1-9-8-18-12(16-9)10(19-6)7-11(17-18)15-20-13(2,3)14(4,5)21-15/h7-8H,1-6H3. The Bertz CT molecular complexity index is 680. The molecule has 1 aliphatic heterocycles. The summed E-state index contributed by atoms with van der Waals surface area (Å²) in [6.07, 6.45) is 1.85. The third kappa shape index (κ3) is 2.20. The highest BCUT2D eigenvalue weighted by atomic mass is 16.7. The fourth-order valence-electron chi connectivity index (χ4n) is 2.31. The molecular formula is C14H20BN3O3. The van der Waals surface area contributed by atoms with E-state index in [1.807, 2.05) is 46.9 Å². The summed E-state index contributed by atoms with van der Waals surface area (Å²) in [6.45, 7) is 9.99. The van der Waals surface area contributed by atoms with E-state index < -0.39 is 18.3 Å². The predicted octanol–water partition coefficient (Wildman–Crippen LogP) is 1.35. The lowest BCUT2D eigenvalue weighted by molar-refractivity contribution is 0.00578. The van der Waals surface area contributed by atoms with Gasteiger partial charge < -0.3 is 14.0 Å². The van der Waals surface area contributed by atoms with Crippen LogP contribution in [0.4, 0.5) is 0 Å². The fraction of sp³-hybridized carbons (Fsp3) is 0.571. The van der Waals surface area contributed by atoms with Crippen LogP contribution in [0.25, 0.3) is 5.65 Å². The van der Waals surface area contributed by atoms with Gasteiger partial charge >= 0.3 is 7.12 Å². The van der Waals surface area contributed by atoms with Gasteiger partial charge in [0, 0.05) is 6.07 Å². The maximum Gasteiger partial charge on any atom is 0.516 e. The van der Waals surface area contributed by atoms with Crippen molar-refractivity contribution in [2.24, 2.45) is 0 Å². The number of hydrogen-bond acceptors (Lipinski definition) is 5. The first-order valence-electron chi connectivity index (χ1n) is 7.00. The minimum Gasteiger partial charge on any atom is -0.493 e. The molecule has 0 atom stereocenters. The molecule has 0 spiro atoms. The molecule has 0 aliphatic carbocycles. The van der Waals surface area contributed by atoms with Gasteiger partial charge in [-0.2, -0.15) is 5.10 Å². The van der Waals surface area contributed by atoms with Crippen LogP contribution in [0.1, 0.15) is 33.4 Å². The second kappa shape index (κ2) is 4.45. The van der Waals surface area contributed by atoms with E-state index in [1.165, 1.54) is 0 Å². The smallest absolute Gasteiger partial charge is 0.493 e. The lowest BCUT2D eigenvalue weighted by Gasteiger charge is -2.32. The first-order chi connectivity index (χ1) is 9.73. The van der Waals surface area contributed by atoms with Gasteiger partial charge in [0.15, 0.2) is 11.4 Å². The first kappa shape index (κ1) is 14.3. The summed E-state index contributed by atoms with van der Waals surface area (Å²) >= 11 is 0. The maximum absolute atomic E-state index is 6.03. The van der Waals surface area contributed by atoms with Crippen molar-refractivity contribution in [1.29, 1.82) is 0 Å². The Hall–Kier alpha value is -1.60. The van der Waals surface area contributed by atoms with E-state index in [4.69, 9.17) is 14.0 Å². The average molecular weight is 289 g/mol. The van der Waals surface area contributed by atoms with E-state index in [0.29, 0.717) is 17.0 Å². The minimum atomic E-state index is -0.518. The summed E-state index contributed by atoms with van der Waals surface area (Å²) in [4.78, 5) is 4.40. The van der Waals surface area contributed by atoms with Gasteiger partial charge in [-0.25, -0.2) is 9.50 Å². The molecule has 2 aromatic heterocycles. The first-order valence-corrected chi connectivity index (χ1v) is 7.00. The summed E-state index contributed by atoms with van der Waals surface area (Å²) in [5.41, 5.74) is 1.45. The molecule has 112 valence electrons. The van der Waals surface area contributed by atoms with Crippen molar-refractivity contribution in [1.82, 2.24) is 14.6 Å². The van der Waals surface area contributed by atoms with Crippen LogP contribution in [0, 0.1) is 6.92 Å². The number of ether oxygens (including phenoxy) is 1. The van der Waals surface area contributed by atoms with Crippen LogP contribution in [0.15, 0.2) is 12.3 Å². The summed E-state index contributed by atoms with van der Waals surface area (Å²) < 4.78 is 19.2. The van der Waals surface area contributed by atoms with Crippen LogP contribution in [0.2, 0.25) is 0 Å². The molecule has 0 bridgehead atoms. The number of methoxy groups -OCH3 is 1. The third-order valence-electron chi connectivity index (χ3n) is 4.25. The van der Waals surface area contributed by atoms with E-state index in [2.05, 4.69) is 10.1 Å². The molecule has 0 N–H and O–H groups in total. The van der Waals surface area contributed by atoms with Crippen molar-refractivity contribution in [2.45, 2.75) is 45.8 Å². The monoisotopic (exact) mass is 289 g/mol. The molecule has 0 radical (unpaired) electrons. The van der Waals surface area contributed by atoms with Gasteiger partial charge in [0.05, 0.1) is 35.8 Å². The van der Waals surface area contributed by atoms with Crippen LogP contribution >= 0.6 is 0 Å². The van der Waals surface area contributed by atoms with Gasteiger partial charge in [-0.15, -0.1) is 0 Å². The molecule has 1 saturated heterocycles. The SMILES string of the molecule is COc1cc(B2OC(C)(C)C(C)(C)O2)nn2cc(C)nc12. The topological polar surface area (TPSA) is 57.9 Å². The van der Waals surface area contributed by atoms with Crippen LogP contribution in [0.5, 0.6) is 5.75 Å². The number of nitrogens with zero attached hydrogens (tertiary/aromatic N) is 3. The highest BCUT2D eigenvalue weighted by Crippen LogP contribution is 2.36. The van der Waals surface area contributed by atoms with E-state index in [1.54, 1.807) is 11.6 Å². The zero-order chi connectivity index (χ0) is 15.4. The Balaban J connectivity index is 2.06. The quantitative estimate of drug-likeness (QED) is 0.781. The van der Waals surface area contributed by atoms with Gasteiger partial charge in [0.1, 0.15) is 0 Å². The van der Waals surface area contributed by atoms with Gasteiger partial charge in [0.2, 0.25) is 0 Å². The van der Waals surface area contributed by atoms with E-state index in [0.717, 1.165) is 5.69 Å².